The number of ketones is 1. The van der Waals surface area contributed by atoms with E-state index < -0.39 is 0 Å². The van der Waals surface area contributed by atoms with Crippen molar-refractivity contribution in [3.05, 3.63) is 35.4 Å². The molecule has 0 N–H and O–H groups in total. The van der Waals surface area contributed by atoms with E-state index in [0.717, 1.165) is 4.90 Å². The van der Waals surface area contributed by atoms with Crippen LogP contribution in [0.3, 0.4) is 0 Å². The van der Waals surface area contributed by atoms with Gasteiger partial charge >= 0.3 is 0 Å². The molecule has 0 spiro atoms. The van der Waals surface area contributed by atoms with Crippen LogP contribution in [0.15, 0.2) is 24.3 Å². The molecule has 1 fully saturated rings. The van der Waals surface area contributed by atoms with Gasteiger partial charge in [0.05, 0.1) is 18.2 Å². The van der Waals surface area contributed by atoms with Crippen molar-refractivity contribution < 1.29 is 14.4 Å². The number of amides is 2. The van der Waals surface area contributed by atoms with Crippen LogP contribution in [0.1, 0.15) is 35.2 Å². The summed E-state index contributed by atoms with van der Waals surface area (Å²) < 4.78 is 0. The molecule has 1 saturated heterocycles. The second-order valence-corrected chi connectivity index (χ2v) is 4.34. The van der Waals surface area contributed by atoms with Gasteiger partial charge < -0.3 is 0 Å². The lowest BCUT2D eigenvalue weighted by Crippen LogP contribution is -2.43. The third-order valence-corrected chi connectivity index (χ3v) is 3.02. The van der Waals surface area contributed by atoms with Crippen LogP contribution in [-0.2, 0) is 9.59 Å². The Kier molecular flexibility index (Phi) is 3.71. The second kappa shape index (κ2) is 5.44. The van der Waals surface area contributed by atoms with Crippen LogP contribution < -0.4 is 0 Å². The zero-order valence-corrected chi connectivity index (χ0v) is 10.3. The predicted octanol–water partition coefficient (Wildman–Crippen LogP) is 1.28. The minimum atomic E-state index is -0.298. The molecule has 96 valence electrons. The van der Waals surface area contributed by atoms with Crippen molar-refractivity contribution in [1.82, 2.24) is 4.90 Å². The summed E-state index contributed by atoms with van der Waals surface area (Å²) >= 11 is 0. The molecule has 2 rings (SSSR count). The highest BCUT2D eigenvalue weighted by Gasteiger charge is 2.27. The van der Waals surface area contributed by atoms with Crippen molar-refractivity contribution in [2.75, 3.05) is 6.54 Å². The van der Waals surface area contributed by atoms with E-state index in [1.165, 1.54) is 24.3 Å². The van der Waals surface area contributed by atoms with Crippen LogP contribution in [-0.4, -0.2) is 29.0 Å². The Hall–Kier alpha value is -2.48. The molecular weight excluding hydrogens is 244 g/mol. The minimum Gasteiger partial charge on any atom is -0.292 e. The van der Waals surface area contributed by atoms with E-state index in [-0.39, 0.29) is 24.1 Å². The summed E-state index contributed by atoms with van der Waals surface area (Å²) in [7, 11) is 0. The van der Waals surface area contributed by atoms with Gasteiger partial charge in [-0.1, -0.05) is 12.1 Å². The Bertz CT molecular complexity index is 553. The minimum absolute atomic E-state index is 0.219. The van der Waals surface area contributed by atoms with E-state index in [1.807, 2.05) is 6.07 Å². The van der Waals surface area contributed by atoms with E-state index >= 15 is 0 Å². The summed E-state index contributed by atoms with van der Waals surface area (Å²) in [4.78, 5) is 36.2. The predicted molar refractivity (Wildman–Crippen MR) is 66.1 cm³/mol. The van der Waals surface area contributed by atoms with Crippen LogP contribution in [0.2, 0.25) is 0 Å². The van der Waals surface area contributed by atoms with E-state index in [2.05, 4.69) is 0 Å². The maximum absolute atomic E-state index is 12.0. The van der Waals surface area contributed by atoms with Crippen molar-refractivity contribution in [3.63, 3.8) is 0 Å². The molecule has 0 atom stereocenters. The van der Waals surface area contributed by atoms with Crippen LogP contribution in [0.5, 0.6) is 0 Å². The highest BCUT2D eigenvalue weighted by atomic mass is 16.2. The van der Waals surface area contributed by atoms with E-state index in [9.17, 15) is 14.4 Å². The maximum atomic E-state index is 12.0. The van der Waals surface area contributed by atoms with Gasteiger partial charge in [-0.2, -0.15) is 5.26 Å². The topological polar surface area (TPSA) is 78.2 Å². The number of hydrogen-bond acceptors (Lipinski definition) is 4. The van der Waals surface area contributed by atoms with Crippen molar-refractivity contribution in [1.29, 1.82) is 5.26 Å². The molecule has 1 heterocycles. The quantitative estimate of drug-likeness (QED) is 0.602. The summed E-state index contributed by atoms with van der Waals surface area (Å²) in [5.74, 6) is -0.885. The molecule has 5 nitrogen and oxygen atoms in total. The first kappa shape index (κ1) is 13.0. The summed E-state index contributed by atoms with van der Waals surface area (Å²) in [5, 5.41) is 8.67. The van der Waals surface area contributed by atoms with Crippen molar-refractivity contribution in [2.24, 2.45) is 0 Å². The van der Waals surface area contributed by atoms with Crippen molar-refractivity contribution in [3.8, 4) is 6.07 Å². The number of benzene rings is 1. The molecule has 1 aromatic rings. The molecule has 1 aromatic carbocycles. The highest BCUT2D eigenvalue weighted by Crippen LogP contribution is 2.13. The number of nitriles is 1. The third-order valence-electron chi connectivity index (χ3n) is 3.02. The van der Waals surface area contributed by atoms with Crippen molar-refractivity contribution >= 4 is 17.6 Å². The van der Waals surface area contributed by atoms with Gasteiger partial charge in [0.15, 0.2) is 5.78 Å². The number of likely N-dealkylation sites (tertiary alicyclic amines) is 1. The fourth-order valence-electron chi connectivity index (χ4n) is 1.94. The molecule has 0 radical (unpaired) electrons. The van der Waals surface area contributed by atoms with Gasteiger partial charge in [-0.05, 0) is 18.6 Å². The average Bonchev–Trinajstić information content (AvgIpc) is 2.43. The Morgan fingerprint density at radius 2 is 1.74 bits per heavy atom. The average molecular weight is 256 g/mol. The van der Waals surface area contributed by atoms with E-state index in [1.54, 1.807) is 0 Å². The normalized spacial score (nSPS) is 15.2. The summed E-state index contributed by atoms with van der Waals surface area (Å²) in [5.41, 5.74) is 0.854. The standard InChI is InChI=1S/C14H12N2O3/c15-8-10-4-6-11(7-5-10)12(17)9-16-13(18)2-1-3-14(16)19/h4-7H,1-3,9H2. The maximum Gasteiger partial charge on any atom is 0.229 e. The number of imide groups is 1. The number of carbonyl (C=O) groups excluding carboxylic acids is 3. The fraction of sp³-hybridized carbons (Fsp3) is 0.286. The lowest BCUT2D eigenvalue weighted by molar-refractivity contribution is -0.147. The molecule has 0 aliphatic carbocycles. The van der Waals surface area contributed by atoms with Gasteiger partial charge in [-0.15, -0.1) is 0 Å². The highest BCUT2D eigenvalue weighted by molar-refractivity contribution is 6.05. The first-order valence-corrected chi connectivity index (χ1v) is 5.98. The van der Waals surface area contributed by atoms with Crippen molar-refractivity contribution in [2.45, 2.75) is 19.3 Å². The SMILES string of the molecule is N#Cc1ccc(C(=O)CN2C(=O)CCCC2=O)cc1. The van der Waals surface area contributed by atoms with E-state index in [4.69, 9.17) is 5.26 Å². The van der Waals surface area contributed by atoms with Crippen LogP contribution in [0.4, 0.5) is 0 Å². The Balaban J connectivity index is 2.09. The molecule has 0 saturated carbocycles. The number of Topliss-reactive ketones (excluding diaryl/α,β-unsaturated/α-hetero) is 1. The van der Waals surface area contributed by atoms with Gasteiger partial charge in [0.1, 0.15) is 0 Å². The van der Waals surface area contributed by atoms with Gasteiger partial charge in [0.25, 0.3) is 0 Å². The van der Waals surface area contributed by atoms with Gasteiger partial charge in [0.2, 0.25) is 11.8 Å². The zero-order valence-electron chi connectivity index (χ0n) is 10.3. The van der Waals surface area contributed by atoms with Gasteiger partial charge in [-0.25, -0.2) is 0 Å². The Labute approximate surface area is 110 Å². The molecule has 0 bridgehead atoms. The fourth-order valence-corrected chi connectivity index (χ4v) is 1.94. The lowest BCUT2D eigenvalue weighted by Gasteiger charge is -2.24. The van der Waals surface area contributed by atoms with Gasteiger partial charge in [0, 0.05) is 18.4 Å². The molecule has 2 amide bonds. The summed E-state index contributed by atoms with van der Waals surface area (Å²) in [6, 6.07) is 8.08. The summed E-state index contributed by atoms with van der Waals surface area (Å²) in [6.07, 6.45) is 1.18. The number of carbonyl (C=O) groups is 3. The second-order valence-electron chi connectivity index (χ2n) is 4.34. The first-order valence-electron chi connectivity index (χ1n) is 5.98. The smallest absolute Gasteiger partial charge is 0.229 e. The number of rotatable bonds is 3. The van der Waals surface area contributed by atoms with Gasteiger partial charge in [-0.3, -0.25) is 19.3 Å². The molecule has 19 heavy (non-hydrogen) atoms. The number of nitrogens with zero attached hydrogens (tertiary/aromatic N) is 2. The Morgan fingerprint density at radius 1 is 1.16 bits per heavy atom. The monoisotopic (exact) mass is 256 g/mol. The molecule has 0 unspecified atom stereocenters. The molecule has 5 heteroatoms. The third kappa shape index (κ3) is 2.86. The van der Waals surface area contributed by atoms with E-state index in [0.29, 0.717) is 30.4 Å². The van der Waals surface area contributed by atoms with Crippen LogP contribution in [0.25, 0.3) is 0 Å². The zero-order chi connectivity index (χ0) is 13.8. The first-order chi connectivity index (χ1) is 9.11. The largest absolute Gasteiger partial charge is 0.292 e. The van der Waals surface area contributed by atoms with Crippen LogP contribution >= 0.6 is 0 Å². The number of piperidine rings is 1. The van der Waals surface area contributed by atoms with Crippen LogP contribution in [0, 0.1) is 11.3 Å². The summed E-state index contributed by atoms with van der Waals surface area (Å²) in [6.45, 7) is -0.219. The lowest BCUT2D eigenvalue weighted by atomic mass is 10.1. The Morgan fingerprint density at radius 3 is 2.26 bits per heavy atom. The molecular formula is C14H12N2O3. The molecule has 1 aliphatic rings. The molecule has 1 aliphatic heterocycles. The molecule has 0 aromatic heterocycles. The number of hydrogen-bond donors (Lipinski definition) is 0.